The molecule has 3 aromatic rings. The number of nitrogens with one attached hydrogen (secondary N) is 1. The molecule has 0 saturated carbocycles. The number of esters is 1. The van der Waals surface area contributed by atoms with Gasteiger partial charge in [-0.05, 0) is 58.5 Å². The molecule has 0 heterocycles. The Morgan fingerprint density at radius 1 is 0.909 bits per heavy atom. The molecule has 170 valence electrons. The van der Waals surface area contributed by atoms with E-state index in [1.165, 1.54) is 0 Å². The molecule has 1 N–H and O–H groups in total. The van der Waals surface area contributed by atoms with Gasteiger partial charge < -0.3 is 4.74 Å². The summed E-state index contributed by atoms with van der Waals surface area (Å²) in [4.78, 5) is 12.5. The lowest BCUT2D eigenvalue weighted by Gasteiger charge is -2.19. The summed E-state index contributed by atoms with van der Waals surface area (Å²) in [5.74, 6) is -0.481. The zero-order valence-corrected chi connectivity index (χ0v) is 19.6. The fourth-order valence-electron chi connectivity index (χ4n) is 3.06. The summed E-state index contributed by atoms with van der Waals surface area (Å²) >= 11 is 0. The maximum atomic E-state index is 12.6. The minimum atomic E-state index is -3.65. The highest BCUT2D eigenvalue weighted by molar-refractivity contribution is 7.89. The molecule has 3 rings (SSSR count). The van der Waals surface area contributed by atoms with Gasteiger partial charge in [-0.15, -0.1) is 0 Å². The van der Waals surface area contributed by atoms with Crippen LogP contribution in [0.3, 0.4) is 0 Å². The van der Waals surface area contributed by atoms with Crippen LogP contribution in [0.1, 0.15) is 53.4 Å². The number of hydrogen-bond donors (Lipinski definition) is 1. The molecular weight excluding hydrogens is 436 g/mol. The molecule has 0 aromatic heterocycles. The van der Waals surface area contributed by atoms with E-state index in [9.17, 15) is 13.2 Å². The number of carbonyl (C=O) groups is 1. The molecule has 3 aromatic carbocycles. The van der Waals surface area contributed by atoms with E-state index in [0.29, 0.717) is 16.7 Å². The molecule has 0 aliphatic heterocycles. The third-order valence-electron chi connectivity index (χ3n) is 5.14. The van der Waals surface area contributed by atoms with E-state index in [1.807, 2.05) is 18.2 Å². The largest absolute Gasteiger partial charge is 0.457 e. The predicted octanol–water partition coefficient (Wildman–Crippen LogP) is 4.69. The van der Waals surface area contributed by atoms with Gasteiger partial charge in [-0.1, -0.05) is 57.2 Å². The number of nitriles is 1. The van der Waals surface area contributed by atoms with Crippen molar-refractivity contribution in [1.29, 1.82) is 5.26 Å². The summed E-state index contributed by atoms with van der Waals surface area (Å²) in [6.07, 6.45) is 0. The van der Waals surface area contributed by atoms with Crippen molar-refractivity contribution in [1.82, 2.24) is 4.72 Å². The molecule has 7 heteroatoms. The Morgan fingerprint density at radius 2 is 1.48 bits per heavy atom. The first-order valence-corrected chi connectivity index (χ1v) is 11.9. The van der Waals surface area contributed by atoms with E-state index in [-0.39, 0.29) is 23.5 Å². The van der Waals surface area contributed by atoms with Crippen LogP contribution >= 0.6 is 0 Å². The second-order valence-corrected chi connectivity index (χ2v) is 10.4. The quantitative estimate of drug-likeness (QED) is 0.514. The Hall–Kier alpha value is -3.47. The van der Waals surface area contributed by atoms with E-state index in [2.05, 4.69) is 25.5 Å². The number of nitrogens with zero attached hydrogens (tertiary/aromatic N) is 1. The molecule has 0 spiro atoms. The van der Waals surface area contributed by atoms with Crippen molar-refractivity contribution in [2.75, 3.05) is 0 Å². The molecule has 0 saturated heterocycles. The highest BCUT2D eigenvalue weighted by Gasteiger charge is 2.17. The molecule has 33 heavy (non-hydrogen) atoms. The number of ether oxygens (including phenoxy) is 1. The summed E-state index contributed by atoms with van der Waals surface area (Å²) in [5.41, 5.74) is 3.41. The van der Waals surface area contributed by atoms with Crippen molar-refractivity contribution in [3.8, 4) is 6.07 Å². The van der Waals surface area contributed by atoms with Crippen LogP contribution in [-0.4, -0.2) is 14.4 Å². The molecule has 0 fully saturated rings. The van der Waals surface area contributed by atoms with Crippen molar-refractivity contribution < 1.29 is 17.9 Å². The third kappa shape index (κ3) is 6.51. The summed E-state index contributed by atoms with van der Waals surface area (Å²) in [6, 6.07) is 22.3. The van der Waals surface area contributed by atoms with E-state index < -0.39 is 16.0 Å². The van der Waals surface area contributed by atoms with Gasteiger partial charge in [-0.2, -0.15) is 5.26 Å². The zero-order chi connectivity index (χ0) is 24.1. The lowest BCUT2D eigenvalue weighted by Crippen LogP contribution is -2.23. The maximum Gasteiger partial charge on any atom is 0.338 e. The van der Waals surface area contributed by atoms with Gasteiger partial charge in [0.15, 0.2) is 0 Å². The summed E-state index contributed by atoms with van der Waals surface area (Å²) < 4.78 is 33.1. The third-order valence-corrected chi connectivity index (χ3v) is 6.56. The zero-order valence-electron chi connectivity index (χ0n) is 18.8. The Morgan fingerprint density at radius 3 is 2.03 bits per heavy atom. The first kappa shape index (κ1) is 24.2. The number of benzene rings is 3. The molecule has 6 nitrogen and oxygen atoms in total. The van der Waals surface area contributed by atoms with Gasteiger partial charge in [0.05, 0.1) is 22.1 Å². The van der Waals surface area contributed by atoms with E-state index in [0.717, 1.165) is 11.1 Å². The van der Waals surface area contributed by atoms with Crippen molar-refractivity contribution in [3.05, 3.63) is 101 Å². The lowest BCUT2D eigenvalue weighted by atomic mass is 9.87. The van der Waals surface area contributed by atoms with Gasteiger partial charge in [-0.3, -0.25) is 0 Å². The van der Waals surface area contributed by atoms with Crippen LogP contribution in [0.4, 0.5) is 0 Å². The predicted molar refractivity (Wildman–Crippen MR) is 126 cm³/mol. The van der Waals surface area contributed by atoms with Gasteiger partial charge in [0.25, 0.3) is 0 Å². The van der Waals surface area contributed by atoms with Gasteiger partial charge in [-0.25, -0.2) is 17.9 Å². The Balaban J connectivity index is 1.56. The molecule has 0 amide bonds. The minimum Gasteiger partial charge on any atom is -0.457 e. The van der Waals surface area contributed by atoms with Crippen LogP contribution in [0.15, 0.2) is 77.7 Å². The van der Waals surface area contributed by atoms with Crippen molar-refractivity contribution in [2.45, 2.75) is 44.2 Å². The molecule has 0 unspecified atom stereocenters. The molecule has 0 bridgehead atoms. The van der Waals surface area contributed by atoms with Crippen LogP contribution in [-0.2, 0) is 33.3 Å². The first-order valence-electron chi connectivity index (χ1n) is 10.4. The smallest absolute Gasteiger partial charge is 0.338 e. The maximum absolute atomic E-state index is 12.6. The van der Waals surface area contributed by atoms with Crippen molar-refractivity contribution >= 4 is 16.0 Å². The molecule has 0 aliphatic carbocycles. The van der Waals surface area contributed by atoms with E-state index in [4.69, 9.17) is 10.00 Å². The highest BCUT2D eigenvalue weighted by Crippen LogP contribution is 2.23. The fraction of sp³-hybridized carbons (Fsp3) is 0.231. The van der Waals surface area contributed by atoms with Crippen LogP contribution in [0, 0.1) is 11.3 Å². The van der Waals surface area contributed by atoms with Crippen LogP contribution < -0.4 is 4.72 Å². The topological polar surface area (TPSA) is 96.3 Å². The lowest BCUT2D eigenvalue weighted by molar-refractivity contribution is 0.0472. The minimum absolute atomic E-state index is 0.0549. The van der Waals surface area contributed by atoms with Gasteiger partial charge in [0.2, 0.25) is 10.0 Å². The number of rotatable bonds is 7. The first-order chi connectivity index (χ1) is 15.6. The molecule has 0 atom stereocenters. The Bertz CT molecular complexity index is 1250. The van der Waals surface area contributed by atoms with Gasteiger partial charge in [0.1, 0.15) is 6.61 Å². The van der Waals surface area contributed by atoms with E-state index in [1.54, 1.807) is 60.7 Å². The molecule has 0 radical (unpaired) electrons. The SMILES string of the molecule is CC(C)(C)c1ccc(S(=O)(=O)NCc2ccc(C(=O)OCc3ccc(C#N)cc3)cc2)cc1. The second-order valence-electron chi connectivity index (χ2n) is 8.68. The number of sulfonamides is 1. The summed E-state index contributed by atoms with van der Waals surface area (Å²) in [5, 5.41) is 8.82. The van der Waals surface area contributed by atoms with Crippen LogP contribution in [0.5, 0.6) is 0 Å². The molecule has 0 aliphatic rings. The van der Waals surface area contributed by atoms with Gasteiger partial charge >= 0.3 is 5.97 Å². The summed E-state index contributed by atoms with van der Waals surface area (Å²) in [6.45, 7) is 6.41. The number of hydrogen-bond acceptors (Lipinski definition) is 5. The average Bonchev–Trinajstić information content (AvgIpc) is 2.81. The normalized spacial score (nSPS) is 11.6. The van der Waals surface area contributed by atoms with Gasteiger partial charge in [0, 0.05) is 6.54 Å². The second kappa shape index (κ2) is 9.99. The number of carbonyl (C=O) groups excluding carboxylic acids is 1. The summed E-state index contributed by atoms with van der Waals surface area (Å²) in [7, 11) is -3.65. The fourth-order valence-corrected chi connectivity index (χ4v) is 4.08. The standard InChI is InChI=1S/C26H26N2O4S/c1-26(2,3)23-12-14-24(15-13-23)33(30,31)28-17-20-8-10-22(11-9-20)25(29)32-18-21-6-4-19(16-27)5-7-21/h4-15,28H,17-18H2,1-3H3. The highest BCUT2D eigenvalue weighted by atomic mass is 32.2. The van der Waals surface area contributed by atoms with Crippen LogP contribution in [0.25, 0.3) is 0 Å². The Labute approximate surface area is 194 Å². The van der Waals surface area contributed by atoms with E-state index >= 15 is 0 Å². The monoisotopic (exact) mass is 462 g/mol. The van der Waals surface area contributed by atoms with Crippen molar-refractivity contribution in [2.24, 2.45) is 0 Å². The molecular formula is C26H26N2O4S. The van der Waals surface area contributed by atoms with Crippen molar-refractivity contribution in [3.63, 3.8) is 0 Å². The average molecular weight is 463 g/mol. The van der Waals surface area contributed by atoms with Crippen LogP contribution in [0.2, 0.25) is 0 Å². The Kier molecular flexibility index (Phi) is 7.32.